The van der Waals surface area contributed by atoms with E-state index in [-0.39, 0.29) is 17.7 Å². The topological polar surface area (TPSA) is 61.4 Å². The van der Waals surface area contributed by atoms with Crippen LogP contribution >= 0.6 is 0 Å². The molecule has 0 radical (unpaired) electrons. The number of hydrogen-bond donors (Lipinski definition) is 2. The van der Waals surface area contributed by atoms with Crippen LogP contribution in [0, 0.1) is 5.92 Å². The molecule has 2 N–H and O–H groups in total. The fourth-order valence-corrected chi connectivity index (χ4v) is 2.13. The van der Waals surface area contributed by atoms with Gasteiger partial charge in [0.15, 0.2) is 0 Å². The number of carbonyl (C=O) groups is 2. The summed E-state index contributed by atoms with van der Waals surface area (Å²) in [7, 11) is 3.41. The summed E-state index contributed by atoms with van der Waals surface area (Å²) in [5.41, 5.74) is 1.04. The molecule has 1 aliphatic rings. The summed E-state index contributed by atoms with van der Waals surface area (Å²) < 4.78 is 0. The molecule has 0 saturated carbocycles. The quantitative estimate of drug-likeness (QED) is 0.796. The van der Waals surface area contributed by atoms with Crippen LogP contribution in [0.4, 0.5) is 0 Å². The minimum absolute atomic E-state index is 0.0109. The Kier molecular flexibility index (Phi) is 4.74. The van der Waals surface area contributed by atoms with Crippen LogP contribution in [0.25, 0.3) is 0 Å². The standard InChI is InChI=1S/C15H21N3O2/c1-18(2)15(20)13(8-11-6-4-3-5-7-11)17-14(19)12-9-16-10-12/h3-7,12-13,16H,8-10H2,1-2H3,(H,17,19). The molecule has 1 unspecified atom stereocenters. The van der Waals surface area contributed by atoms with Gasteiger partial charge >= 0.3 is 0 Å². The monoisotopic (exact) mass is 275 g/mol. The minimum atomic E-state index is -0.500. The summed E-state index contributed by atoms with van der Waals surface area (Å²) in [4.78, 5) is 25.8. The number of carbonyl (C=O) groups excluding carboxylic acids is 2. The summed E-state index contributed by atoms with van der Waals surface area (Å²) in [6, 6.07) is 9.24. The van der Waals surface area contributed by atoms with E-state index < -0.39 is 6.04 Å². The average molecular weight is 275 g/mol. The van der Waals surface area contributed by atoms with Crippen LogP contribution < -0.4 is 10.6 Å². The van der Waals surface area contributed by atoms with Crippen molar-refractivity contribution >= 4 is 11.8 Å². The third-order valence-electron chi connectivity index (χ3n) is 3.49. The summed E-state index contributed by atoms with van der Waals surface area (Å²) in [6.07, 6.45) is 0.518. The molecule has 0 aromatic heterocycles. The van der Waals surface area contributed by atoms with Crippen molar-refractivity contribution in [3.05, 3.63) is 35.9 Å². The number of nitrogens with one attached hydrogen (secondary N) is 2. The molecular weight excluding hydrogens is 254 g/mol. The molecule has 0 bridgehead atoms. The van der Waals surface area contributed by atoms with E-state index in [0.29, 0.717) is 19.5 Å². The lowest BCUT2D eigenvalue weighted by molar-refractivity contribution is -0.136. The van der Waals surface area contributed by atoms with Crippen molar-refractivity contribution in [2.75, 3.05) is 27.2 Å². The van der Waals surface area contributed by atoms with Gasteiger partial charge in [0.2, 0.25) is 11.8 Å². The van der Waals surface area contributed by atoms with Gasteiger partial charge in [-0.25, -0.2) is 0 Å². The predicted molar refractivity (Wildman–Crippen MR) is 77.1 cm³/mol. The molecule has 20 heavy (non-hydrogen) atoms. The Labute approximate surface area is 119 Å². The highest BCUT2D eigenvalue weighted by molar-refractivity contribution is 5.89. The van der Waals surface area contributed by atoms with Crippen LogP contribution in [0.3, 0.4) is 0 Å². The van der Waals surface area contributed by atoms with Crippen molar-refractivity contribution in [2.24, 2.45) is 5.92 Å². The molecule has 1 atom stereocenters. The van der Waals surface area contributed by atoms with Crippen molar-refractivity contribution in [3.8, 4) is 0 Å². The first-order valence-electron chi connectivity index (χ1n) is 6.84. The van der Waals surface area contributed by atoms with Gasteiger partial charge in [-0.05, 0) is 5.56 Å². The first kappa shape index (κ1) is 14.5. The Morgan fingerprint density at radius 3 is 2.45 bits per heavy atom. The molecular formula is C15H21N3O2. The number of hydrogen-bond acceptors (Lipinski definition) is 3. The SMILES string of the molecule is CN(C)C(=O)C(Cc1ccccc1)NC(=O)C1CNC1. The van der Waals surface area contributed by atoms with Crippen molar-refractivity contribution in [1.82, 2.24) is 15.5 Å². The maximum absolute atomic E-state index is 12.2. The van der Waals surface area contributed by atoms with E-state index in [1.165, 1.54) is 4.90 Å². The molecule has 0 aliphatic carbocycles. The first-order valence-corrected chi connectivity index (χ1v) is 6.84. The average Bonchev–Trinajstić information content (AvgIpc) is 2.36. The van der Waals surface area contributed by atoms with Gasteiger partial charge in [0.05, 0.1) is 5.92 Å². The van der Waals surface area contributed by atoms with Crippen LogP contribution in [-0.4, -0.2) is 49.9 Å². The van der Waals surface area contributed by atoms with E-state index in [1.54, 1.807) is 14.1 Å². The van der Waals surface area contributed by atoms with E-state index in [2.05, 4.69) is 10.6 Å². The number of amides is 2. The van der Waals surface area contributed by atoms with E-state index in [0.717, 1.165) is 5.56 Å². The lowest BCUT2D eigenvalue weighted by Gasteiger charge is -2.29. The second-order valence-electron chi connectivity index (χ2n) is 5.34. The van der Waals surface area contributed by atoms with E-state index >= 15 is 0 Å². The van der Waals surface area contributed by atoms with Crippen LogP contribution in [0.5, 0.6) is 0 Å². The van der Waals surface area contributed by atoms with Gasteiger partial charge in [0, 0.05) is 33.6 Å². The molecule has 1 heterocycles. The first-order chi connectivity index (χ1) is 9.58. The molecule has 2 amide bonds. The van der Waals surface area contributed by atoms with Crippen molar-refractivity contribution in [3.63, 3.8) is 0 Å². The number of nitrogens with zero attached hydrogens (tertiary/aromatic N) is 1. The highest BCUT2D eigenvalue weighted by Gasteiger charge is 2.29. The van der Waals surface area contributed by atoms with E-state index in [1.807, 2.05) is 30.3 Å². The molecule has 1 fully saturated rings. The Morgan fingerprint density at radius 2 is 1.95 bits per heavy atom. The molecule has 2 rings (SSSR count). The molecule has 5 nitrogen and oxygen atoms in total. The summed E-state index contributed by atoms with van der Waals surface area (Å²) in [5, 5.41) is 5.94. The van der Waals surface area contributed by atoms with Crippen LogP contribution in [0.2, 0.25) is 0 Å². The maximum Gasteiger partial charge on any atom is 0.244 e. The molecule has 1 aromatic carbocycles. The van der Waals surface area contributed by atoms with Gasteiger partial charge in [-0.15, -0.1) is 0 Å². The number of likely N-dealkylation sites (N-methyl/N-ethyl adjacent to an activating group) is 1. The molecule has 1 aliphatic heterocycles. The fourth-order valence-electron chi connectivity index (χ4n) is 2.13. The van der Waals surface area contributed by atoms with Gasteiger partial charge in [-0.1, -0.05) is 30.3 Å². The third-order valence-corrected chi connectivity index (χ3v) is 3.49. The van der Waals surface area contributed by atoms with E-state index in [9.17, 15) is 9.59 Å². The van der Waals surface area contributed by atoms with Crippen LogP contribution in [-0.2, 0) is 16.0 Å². The Morgan fingerprint density at radius 1 is 1.30 bits per heavy atom. The van der Waals surface area contributed by atoms with Crippen LogP contribution in [0.1, 0.15) is 5.56 Å². The van der Waals surface area contributed by atoms with Gasteiger partial charge in [0.25, 0.3) is 0 Å². The van der Waals surface area contributed by atoms with Gasteiger partial charge in [0.1, 0.15) is 6.04 Å². The minimum Gasteiger partial charge on any atom is -0.347 e. The largest absolute Gasteiger partial charge is 0.347 e. The fraction of sp³-hybridized carbons (Fsp3) is 0.467. The second kappa shape index (κ2) is 6.52. The zero-order chi connectivity index (χ0) is 14.5. The molecule has 1 aromatic rings. The van der Waals surface area contributed by atoms with Crippen molar-refractivity contribution in [1.29, 1.82) is 0 Å². The lowest BCUT2D eigenvalue weighted by atomic mass is 10.00. The third kappa shape index (κ3) is 3.57. The zero-order valence-electron chi connectivity index (χ0n) is 11.9. The van der Waals surface area contributed by atoms with Gasteiger partial charge in [-0.2, -0.15) is 0 Å². The highest BCUT2D eigenvalue weighted by Crippen LogP contribution is 2.08. The van der Waals surface area contributed by atoms with Crippen molar-refractivity contribution in [2.45, 2.75) is 12.5 Å². The molecule has 1 saturated heterocycles. The Hall–Kier alpha value is -1.88. The van der Waals surface area contributed by atoms with E-state index in [4.69, 9.17) is 0 Å². The lowest BCUT2D eigenvalue weighted by Crippen LogP contribution is -2.55. The van der Waals surface area contributed by atoms with Crippen LogP contribution in [0.15, 0.2) is 30.3 Å². The summed E-state index contributed by atoms with van der Waals surface area (Å²) in [6.45, 7) is 1.39. The number of rotatable bonds is 5. The Bertz CT molecular complexity index is 469. The van der Waals surface area contributed by atoms with Gasteiger partial charge in [-0.3, -0.25) is 9.59 Å². The Balaban J connectivity index is 2.04. The smallest absolute Gasteiger partial charge is 0.244 e. The maximum atomic E-state index is 12.2. The second-order valence-corrected chi connectivity index (χ2v) is 5.34. The van der Waals surface area contributed by atoms with Crippen molar-refractivity contribution < 1.29 is 9.59 Å². The highest BCUT2D eigenvalue weighted by atomic mass is 16.2. The predicted octanol–water partition coefficient (Wildman–Crippen LogP) is 0.0215. The molecule has 108 valence electrons. The zero-order valence-corrected chi connectivity index (χ0v) is 11.9. The summed E-state index contributed by atoms with van der Waals surface area (Å²) in [5.74, 6) is -0.127. The number of benzene rings is 1. The molecule has 5 heteroatoms. The van der Waals surface area contributed by atoms with Gasteiger partial charge < -0.3 is 15.5 Å². The molecule has 0 spiro atoms. The summed E-state index contributed by atoms with van der Waals surface area (Å²) >= 11 is 0. The normalized spacial score (nSPS) is 16.1.